The summed E-state index contributed by atoms with van der Waals surface area (Å²) in [5.74, 6) is 0.774. The van der Waals surface area contributed by atoms with Crippen molar-refractivity contribution in [2.24, 2.45) is 0 Å². The van der Waals surface area contributed by atoms with E-state index in [-0.39, 0.29) is 0 Å². The molecule has 2 aromatic heterocycles. The number of nitrogens with one attached hydrogen (secondary N) is 2. The molecule has 0 saturated heterocycles. The van der Waals surface area contributed by atoms with Gasteiger partial charge in [0.15, 0.2) is 11.5 Å². The van der Waals surface area contributed by atoms with Gasteiger partial charge in [0, 0.05) is 11.2 Å². The van der Waals surface area contributed by atoms with Crippen molar-refractivity contribution < 1.29 is 24.8 Å². The molecule has 0 aliphatic carbocycles. The first-order chi connectivity index (χ1) is 10.2. The molecule has 0 saturated carbocycles. The Morgan fingerprint density at radius 2 is 1.86 bits per heavy atom. The molecule has 21 heavy (non-hydrogen) atoms. The van der Waals surface area contributed by atoms with E-state index in [2.05, 4.69) is 37.4 Å². The Bertz CT molecular complexity index is 674. The Hall–Kier alpha value is -2.26. The van der Waals surface area contributed by atoms with Crippen LogP contribution in [0.4, 0.5) is 5.82 Å². The molecule has 0 aliphatic rings. The molecule has 8 nitrogen and oxygen atoms in total. The predicted octanol–water partition coefficient (Wildman–Crippen LogP) is -0.970. The van der Waals surface area contributed by atoms with Gasteiger partial charge in [-0.15, -0.1) is 0 Å². The lowest BCUT2D eigenvalue weighted by molar-refractivity contribution is -1.63. The maximum atomic E-state index is 8.52. The molecular weight excluding hydrogens is 298 g/mol. The molecule has 0 radical (unpaired) electrons. The second-order valence-corrected chi connectivity index (χ2v) is 4.27. The second-order valence-electron chi connectivity index (χ2n) is 3.86. The second kappa shape index (κ2) is 7.50. The van der Waals surface area contributed by atoms with Crippen LogP contribution in [0, 0.1) is 10.8 Å². The minimum absolute atomic E-state index is 0.676. The van der Waals surface area contributed by atoms with E-state index in [0.29, 0.717) is 5.65 Å². The number of aromatic nitrogens is 4. The number of rotatable bonds is 3. The van der Waals surface area contributed by atoms with E-state index in [9.17, 15) is 0 Å². The monoisotopic (exact) mass is 309 g/mol. The van der Waals surface area contributed by atoms with E-state index in [1.807, 2.05) is 18.2 Å². The fourth-order valence-electron chi connectivity index (χ4n) is 1.68. The Morgan fingerprint density at radius 3 is 2.57 bits per heavy atom. The average Bonchev–Trinajstić information content (AvgIpc) is 2.94. The fraction of sp³-hybridized carbons (Fsp3) is 0.0833. The largest absolute Gasteiger partial charge is 0.364 e. The topological polar surface area (TPSA) is 133 Å². The first kappa shape index (κ1) is 15.1. The number of halogens is 1. The van der Waals surface area contributed by atoms with Crippen LogP contribution in [0.15, 0.2) is 43.0 Å². The molecule has 2 heterocycles. The Labute approximate surface area is 122 Å². The molecule has 9 heteroatoms. The van der Waals surface area contributed by atoms with Gasteiger partial charge in [0.25, 0.3) is 10.8 Å². The van der Waals surface area contributed by atoms with Crippen molar-refractivity contribution in [1.82, 2.24) is 19.9 Å². The van der Waals surface area contributed by atoms with Crippen LogP contribution in [0.5, 0.6) is 0 Å². The molecule has 0 aliphatic heterocycles. The van der Waals surface area contributed by atoms with Crippen molar-refractivity contribution in [3.8, 4) is 0 Å². The molecule has 0 unspecified atom stereocenters. The van der Waals surface area contributed by atoms with Crippen LogP contribution >= 0.6 is 0 Å². The van der Waals surface area contributed by atoms with Gasteiger partial charge in [0.2, 0.25) is 0 Å². The number of imidazole rings is 1. The van der Waals surface area contributed by atoms with E-state index in [0.717, 1.165) is 17.9 Å². The van der Waals surface area contributed by atoms with E-state index >= 15 is 0 Å². The van der Waals surface area contributed by atoms with Gasteiger partial charge >= 0.3 is 0 Å². The van der Waals surface area contributed by atoms with Gasteiger partial charge < -0.3 is 19.6 Å². The highest BCUT2D eigenvalue weighted by Crippen LogP contribution is 2.15. The third-order valence-corrected chi connectivity index (χ3v) is 2.53. The number of hydrogen-bond acceptors (Lipinski definition) is 7. The molecular formula is C12H12ClN5O3. The zero-order valence-corrected chi connectivity index (χ0v) is 11.5. The van der Waals surface area contributed by atoms with Crippen LogP contribution in [0.25, 0.3) is 11.2 Å². The van der Waals surface area contributed by atoms with Crippen molar-refractivity contribution in [3.05, 3.63) is 48.5 Å². The lowest BCUT2D eigenvalue weighted by Gasteiger charge is -2.05. The molecule has 0 fully saturated rings. The summed E-state index contributed by atoms with van der Waals surface area (Å²) in [6.07, 6.45) is 3.13. The van der Waals surface area contributed by atoms with E-state index in [1.54, 1.807) is 6.33 Å². The van der Waals surface area contributed by atoms with Crippen molar-refractivity contribution in [2.75, 3.05) is 5.32 Å². The molecule has 110 valence electrons. The van der Waals surface area contributed by atoms with Gasteiger partial charge in [-0.2, -0.15) is 0 Å². The summed E-state index contributed by atoms with van der Waals surface area (Å²) in [6.45, 7) is 0.728. The van der Waals surface area contributed by atoms with E-state index in [1.165, 1.54) is 11.9 Å². The lowest BCUT2D eigenvalue weighted by Crippen LogP contribution is -2.30. The van der Waals surface area contributed by atoms with Crippen LogP contribution in [0.3, 0.4) is 0 Å². The molecule has 3 rings (SSSR count). The average molecular weight is 310 g/mol. The number of hydrogen-bond donors (Lipinski definition) is 3. The van der Waals surface area contributed by atoms with E-state index < -0.39 is 10.8 Å². The number of nitrogens with zero attached hydrogens (tertiary/aromatic N) is 3. The maximum Gasteiger partial charge on any atom is 0.282 e. The fourth-order valence-corrected chi connectivity index (χ4v) is 1.68. The highest BCUT2D eigenvalue weighted by Gasteiger charge is 2.04. The normalized spacial score (nSPS) is 10.3. The van der Waals surface area contributed by atoms with Crippen molar-refractivity contribution >= 4 is 17.0 Å². The smallest absolute Gasteiger partial charge is 0.282 e. The Morgan fingerprint density at radius 1 is 1.14 bits per heavy atom. The summed E-state index contributed by atoms with van der Waals surface area (Å²) in [5, 5.41) is 3.27. The molecule has 3 N–H and O–H groups in total. The number of H-pyrrole nitrogens is 1. The zero-order chi connectivity index (χ0) is 15.1. The summed E-state index contributed by atoms with van der Waals surface area (Å²) in [4.78, 5) is 15.4. The zero-order valence-electron chi connectivity index (χ0n) is 10.7. The number of aromatic amines is 1. The van der Waals surface area contributed by atoms with Gasteiger partial charge in [0.05, 0.1) is 6.33 Å². The van der Waals surface area contributed by atoms with E-state index in [4.69, 9.17) is 14.0 Å². The van der Waals surface area contributed by atoms with Gasteiger partial charge in [-0.05, 0) is 5.56 Å². The molecule has 0 bridgehead atoms. The summed E-state index contributed by atoms with van der Waals surface area (Å²) in [7, 11) is -2.60. The lowest BCUT2D eigenvalue weighted by atomic mass is 10.2. The van der Waals surface area contributed by atoms with Crippen molar-refractivity contribution in [3.63, 3.8) is 0 Å². The molecule has 0 amide bonds. The highest BCUT2D eigenvalue weighted by atomic mass is 35.6. The van der Waals surface area contributed by atoms with Crippen LogP contribution in [-0.4, -0.2) is 24.6 Å². The van der Waals surface area contributed by atoms with Crippen molar-refractivity contribution in [2.45, 2.75) is 6.54 Å². The third kappa shape index (κ3) is 4.65. The van der Waals surface area contributed by atoms with Crippen molar-refractivity contribution in [1.29, 1.82) is 0 Å². The quantitative estimate of drug-likeness (QED) is 0.567. The first-order valence-electron chi connectivity index (χ1n) is 5.83. The minimum Gasteiger partial charge on any atom is -0.364 e. The summed E-state index contributed by atoms with van der Waals surface area (Å²) >= 11 is 0. The predicted molar refractivity (Wildman–Crippen MR) is 67.7 cm³/mol. The van der Waals surface area contributed by atoms with Gasteiger partial charge in [-0.3, -0.25) is 0 Å². The maximum absolute atomic E-state index is 8.52. The van der Waals surface area contributed by atoms with Crippen LogP contribution in [0.1, 0.15) is 5.56 Å². The standard InChI is InChI=1S/C12H11N5.ClHO3/c1-2-4-9(5-3-1)6-13-11-10-12(15-7-14-10)17-8-16-11;2-1(3)4/h1-5,7-8H,6H2,(H2,13,14,15,16,17);2H. The Kier molecular flexibility index (Phi) is 5.41. The van der Waals surface area contributed by atoms with Crippen LogP contribution in [0.2, 0.25) is 0 Å². The van der Waals surface area contributed by atoms with Gasteiger partial charge in [-0.1, -0.05) is 30.3 Å². The summed E-state index contributed by atoms with van der Waals surface area (Å²) in [6, 6.07) is 10.2. The molecule has 0 spiro atoms. The number of anilines is 1. The number of benzene rings is 1. The number of fused-ring (bicyclic) bond motifs is 1. The summed E-state index contributed by atoms with van der Waals surface area (Å²) < 4.78 is 24.0. The Balaban J connectivity index is 0.000000361. The molecule has 0 atom stereocenters. The first-order valence-corrected chi connectivity index (χ1v) is 6.78. The highest BCUT2D eigenvalue weighted by molar-refractivity contribution is 5.81. The van der Waals surface area contributed by atoms with Crippen LogP contribution in [-0.2, 0) is 6.54 Å². The molecule has 1 aromatic carbocycles. The van der Waals surface area contributed by atoms with Crippen LogP contribution < -0.4 is 14.6 Å². The van der Waals surface area contributed by atoms with Gasteiger partial charge in [-0.25, -0.2) is 15.0 Å². The third-order valence-electron chi connectivity index (χ3n) is 2.53. The summed E-state index contributed by atoms with van der Waals surface area (Å²) in [5.41, 5.74) is 2.72. The molecule has 3 aromatic rings. The minimum atomic E-state index is -2.60. The van der Waals surface area contributed by atoms with Gasteiger partial charge in [0.1, 0.15) is 11.8 Å². The SMILES string of the molecule is [O-][Cl+2]([O-])O.c1ccc(CNc2ncnc3nc[nH]c23)cc1.